The van der Waals surface area contributed by atoms with E-state index in [4.69, 9.17) is 31.4 Å². The van der Waals surface area contributed by atoms with Gasteiger partial charge in [0.1, 0.15) is 0 Å². The Hall–Kier alpha value is -7.83. The molecular formula is C51H32N6. The van der Waals surface area contributed by atoms with Crippen LogP contribution in [0.25, 0.3) is 106 Å². The van der Waals surface area contributed by atoms with Crippen molar-refractivity contribution in [1.29, 1.82) is 0 Å². The highest BCUT2D eigenvalue weighted by Crippen LogP contribution is 2.42. The van der Waals surface area contributed by atoms with E-state index in [-0.39, 0.29) is 39.4 Å². The van der Waals surface area contributed by atoms with Crippen molar-refractivity contribution in [3.63, 3.8) is 0 Å². The zero-order chi connectivity index (χ0) is 56.6. The Bertz CT molecular complexity index is 4720. The third kappa shape index (κ3) is 4.74. The largest absolute Gasteiger partial charge is 0.309 e. The monoisotopic (exact) mass is 750 g/mol. The summed E-state index contributed by atoms with van der Waals surface area (Å²) in [5.41, 5.74) is -3.47. The van der Waals surface area contributed by atoms with Crippen LogP contribution in [0.4, 0.5) is 0 Å². The fourth-order valence-corrected chi connectivity index (χ4v) is 7.32. The number of rotatable bonds is 5. The van der Waals surface area contributed by atoms with Crippen LogP contribution >= 0.6 is 0 Å². The van der Waals surface area contributed by atoms with Crippen LogP contribution in [0.5, 0.6) is 0 Å². The first-order chi connectivity index (χ1) is 37.5. The van der Waals surface area contributed by atoms with Crippen molar-refractivity contribution in [3.05, 3.63) is 194 Å². The van der Waals surface area contributed by atoms with Crippen LogP contribution in [-0.4, -0.2) is 28.7 Å². The summed E-state index contributed by atoms with van der Waals surface area (Å²) in [6.07, 6.45) is 0. The predicted molar refractivity (Wildman–Crippen MR) is 234 cm³/mol. The highest BCUT2D eigenvalue weighted by atomic mass is 15.2. The van der Waals surface area contributed by atoms with Gasteiger partial charge >= 0.3 is 0 Å². The maximum absolute atomic E-state index is 10.3. The van der Waals surface area contributed by atoms with Gasteiger partial charge in [-0.15, -0.1) is 0 Å². The van der Waals surface area contributed by atoms with Crippen molar-refractivity contribution in [1.82, 2.24) is 28.7 Å². The standard InChI is InChI=1S/C51H32N6/c1-4-16-33(17-5-1)49-52-50(34-18-6-2-7-19-34)54-51(53-49)57-45-27-15-12-24-39(45)42-31-30-41-38-23-11-14-26-44(38)56(47(41)48(42)57)36-28-29-40-37-22-10-13-25-43(37)55(46(40)32-36)35-20-8-3-9-21-35/h1-32H/i3D,8D,9D,10D,11D,12D,13D,14D,15D,20D,21D,22D,23D,24D,25D,26D,27D,28D,29D,30D,31D,32D. The van der Waals surface area contributed by atoms with E-state index in [0.29, 0.717) is 11.1 Å². The molecule has 4 aromatic heterocycles. The van der Waals surface area contributed by atoms with Gasteiger partial charge in [0, 0.05) is 54.8 Å². The molecule has 0 radical (unpaired) electrons. The first-order valence-electron chi connectivity index (χ1n) is 28.4. The number of fused-ring (bicyclic) bond motifs is 10. The molecule has 0 saturated heterocycles. The average molecular weight is 751 g/mol. The third-order valence-corrected chi connectivity index (χ3v) is 9.71. The van der Waals surface area contributed by atoms with E-state index in [0.717, 1.165) is 13.7 Å². The molecule has 0 spiro atoms. The van der Waals surface area contributed by atoms with Gasteiger partial charge < -0.3 is 9.13 Å². The lowest BCUT2D eigenvalue weighted by Crippen LogP contribution is -2.07. The van der Waals surface area contributed by atoms with Crippen molar-refractivity contribution >= 4 is 65.4 Å². The fraction of sp³-hybridized carbons (Fsp3) is 0. The normalized spacial score (nSPS) is 17.3. The molecule has 12 rings (SSSR count). The summed E-state index contributed by atoms with van der Waals surface area (Å²) in [4.78, 5) is 14.6. The van der Waals surface area contributed by atoms with Gasteiger partial charge in [0.2, 0.25) is 5.95 Å². The second-order valence-electron chi connectivity index (χ2n) is 12.8. The molecular weight excluding hydrogens is 697 g/mol. The van der Waals surface area contributed by atoms with E-state index in [2.05, 4.69) is 0 Å². The summed E-state index contributed by atoms with van der Waals surface area (Å²) in [5, 5.41) is -2.61. The van der Waals surface area contributed by atoms with Crippen LogP contribution < -0.4 is 0 Å². The van der Waals surface area contributed by atoms with E-state index in [1.165, 1.54) is 0 Å². The quantitative estimate of drug-likeness (QED) is 0.176. The summed E-state index contributed by atoms with van der Waals surface area (Å²) in [6, 6.07) is -0.894. The average Bonchev–Trinajstić information content (AvgIpc) is 3.98. The highest BCUT2D eigenvalue weighted by molar-refractivity contribution is 6.24. The molecule has 0 unspecified atom stereocenters. The first-order valence-corrected chi connectivity index (χ1v) is 17.4. The van der Waals surface area contributed by atoms with Crippen LogP contribution in [0, 0.1) is 0 Å². The molecule has 0 atom stereocenters. The molecule has 0 saturated carbocycles. The summed E-state index contributed by atoms with van der Waals surface area (Å²) >= 11 is 0. The summed E-state index contributed by atoms with van der Waals surface area (Å²) < 4.78 is 206. The second kappa shape index (κ2) is 12.3. The third-order valence-electron chi connectivity index (χ3n) is 9.71. The van der Waals surface area contributed by atoms with E-state index in [1.54, 1.807) is 60.7 Å². The van der Waals surface area contributed by atoms with E-state index >= 15 is 0 Å². The Morgan fingerprint density at radius 3 is 1.40 bits per heavy atom. The molecule has 0 aliphatic rings. The molecule has 266 valence electrons. The maximum atomic E-state index is 10.3. The number of aromatic nitrogens is 6. The fourth-order valence-electron chi connectivity index (χ4n) is 7.32. The summed E-state index contributed by atoms with van der Waals surface area (Å²) in [7, 11) is 0. The van der Waals surface area contributed by atoms with E-state index in [1.807, 2.05) is 0 Å². The minimum Gasteiger partial charge on any atom is -0.309 e. The topological polar surface area (TPSA) is 53.5 Å². The summed E-state index contributed by atoms with van der Waals surface area (Å²) in [6.45, 7) is 0. The van der Waals surface area contributed by atoms with Crippen LogP contribution in [-0.2, 0) is 0 Å². The second-order valence-corrected chi connectivity index (χ2v) is 12.8. The van der Waals surface area contributed by atoms with Gasteiger partial charge in [0.15, 0.2) is 11.6 Å². The molecule has 0 aliphatic carbocycles. The molecule has 6 heteroatoms. The molecule has 6 nitrogen and oxygen atoms in total. The number of nitrogens with zero attached hydrogens (tertiary/aromatic N) is 6. The van der Waals surface area contributed by atoms with Crippen LogP contribution in [0.15, 0.2) is 194 Å². The Morgan fingerprint density at radius 2 is 0.807 bits per heavy atom. The summed E-state index contributed by atoms with van der Waals surface area (Å²) in [5.74, 6) is -0.271. The molecule has 0 N–H and O–H groups in total. The van der Waals surface area contributed by atoms with Crippen LogP contribution in [0.1, 0.15) is 30.2 Å². The molecule has 4 heterocycles. The van der Waals surface area contributed by atoms with Crippen molar-refractivity contribution in [2.75, 3.05) is 0 Å². The Kier molecular flexibility index (Phi) is 3.66. The molecule has 0 amide bonds. The lowest BCUT2D eigenvalue weighted by molar-refractivity contribution is 0.953. The van der Waals surface area contributed by atoms with Gasteiger partial charge in [-0.05, 0) is 42.3 Å². The van der Waals surface area contributed by atoms with Crippen LogP contribution in [0.2, 0.25) is 0 Å². The predicted octanol–water partition coefficient (Wildman–Crippen LogP) is 12.5. The van der Waals surface area contributed by atoms with Crippen molar-refractivity contribution in [3.8, 4) is 40.1 Å². The van der Waals surface area contributed by atoms with E-state index in [9.17, 15) is 13.7 Å². The molecule has 0 bridgehead atoms. The first kappa shape index (κ1) is 16.9. The lowest BCUT2D eigenvalue weighted by atomic mass is 10.1. The van der Waals surface area contributed by atoms with Crippen molar-refractivity contribution < 1.29 is 30.2 Å². The zero-order valence-corrected chi connectivity index (χ0v) is 29.0. The molecule has 57 heavy (non-hydrogen) atoms. The van der Waals surface area contributed by atoms with Crippen molar-refractivity contribution in [2.24, 2.45) is 0 Å². The molecule has 0 fully saturated rings. The van der Waals surface area contributed by atoms with Gasteiger partial charge in [0.25, 0.3) is 0 Å². The van der Waals surface area contributed by atoms with Gasteiger partial charge in [0.05, 0.1) is 63.3 Å². The lowest BCUT2D eigenvalue weighted by Gasteiger charge is -2.14. The van der Waals surface area contributed by atoms with Gasteiger partial charge in [-0.3, -0.25) is 4.57 Å². The van der Waals surface area contributed by atoms with Gasteiger partial charge in [-0.1, -0.05) is 151 Å². The smallest absolute Gasteiger partial charge is 0.238 e. The van der Waals surface area contributed by atoms with Crippen molar-refractivity contribution in [2.45, 2.75) is 0 Å². The van der Waals surface area contributed by atoms with Gasteiger partial charge in [-0.2, -0.15) is 9.97 Å². The molecule has 12 aromatic rings. The number of hydrogen-bond donors (Lipinski definition) is 0. The Morgan fingerprint density at radius 1 is 0.351 bits per heavy atom. The maximum Gasteiger partial charge on any atom is 0.238 e. The number of para-hydroxylation sites is 4. The zero-order valence-electron chi connectivity index (χ0n) is 51.0. The number of hydrogen-bond acceptors (Lipinski definition) is 3. The molecule has 0 aliphatic heterocycles. The Balaban J connectivity index is 1.41. The molecule has 8 aromatic carbocycles. The van der Waals surface area contributed by atoms with Crippen LogP contribution in [0.3, 0.4) is 0 Å². The van der Waals surface area contributed by atoms with E-state index < -0.39 is 188 Å². The minimum absolute atomic E-state index is 0.0423. The SMILES string of the molecule is [2H]c1c([2H])c([2H])c(-n2c3c([2H])c([2H])c([2H])c([2H])c3c3c([2H])c([2H])c(-n4c5c([2H])c([2H])c([2H])c([2H])c5c5c([2H])c([2H])c6c7c([2H])c([2H])c([2H])c([2H])c7n(-c7nc(-c8ccccc8)nc(-c8ccccc8)n7)c6c54)c([2H])c32)c([2H])c1[2H]. The number of benzene rings is 8. The highest BCUT2D eigenvalue weighted by Gasteiger charge is 2.24. The minimum atomic E-state index is -0.935. The van der Waals surface area contributed by atoms with Gasteiger partial charge in [-0.25, -0.2) is 4.98 Å². The Labute approximate surface area is 358 Å².